The number of amides is 1. The average Bonchev–Trinajstić information content (AvgIpc) is 3.47. The van der Waals surface area contributed by atoms with Gasteiger partial charge in [0.25, 0.3) is 5.91 Å². The zero-order valence-electron chi connectivity index (χ0n) is 13.6. The molecule has 1 amide bonds. The van der Waals surface area contributed by atoms with E-state index < -0.39 is 0 Å². The number of nitrogens with zero attached hydrogens (tertiary/aromatic N) is 2. The second kappa shape index (κ2) is 6.73. The van der Waals surface area contributed by atoms with Gasteiger partial charge in [0.1, 0.15) is 12.1 Å². The second-order valence-electron chi connectivity index (χ2n) is 5.99. The molecule has 1 aromatic heterocycles. The van der Waals surface area contributed by atoms with Crippen molar-refractivity contribution in [2.24, 2.45) is 0 Å². The van der Waals surface area contributed by atoms with Gasteiger partial charge >= 0.3 is 0 Å². The van der Waals surface area contributed by atoms with Crippen LogP contribution >= 0.6 is 0 Å². The van der Waals surface area contributed by atoms with E-state index in [1.807, 2.05) is 54.6 Å². The highest BCUT2D eigenvalue weighted by Crippen LogP contribution is 2.25. The van der Waals surface area contributed by atoms with Gasteiger partial charge in [0, 0.05) is 23.2 Å². The van der Waals surface area contributed by atoms with Crippen molar-refractivity contribution in [1.29, 1.82) is 0 Å². The number of nitrogens with one attached hydrogen (secondary N) is 1. The van der Waals surface area contributed by atoms with Crippen molar-refractivity contribution < 1.29 is 9.53 Å². The van der Waals surface area contributed by atoms with Crippen LogP contribution in [0.15, 0.2) is 67.0 Å². The van der Waals surface area contributed by atoms with Crippen LogP contribution in [0.1, 0.15) is 23.2 Å². The molecule has 25 heavy (non-hydrogen) atoms. The summed E-state index contributed by atoms with van der Waals surface area (Å²) in [6, 6.07) is 19.0. The average molecular weight is 331 g/mol. The van der Waals surface area contributed by atoms with E-state index in [-0.39, 0.29) is 5.91 Å². The van der Waals surface area contributed by atoms with E-state index in [0.717, 1.165) is 18.4 Å². The van der Waals surface area contributed by atoms with Crippen LogP contribution in [-0.4, -0.2) is 21.9 Å². The highest BCUT2D eigenvalue weighted by atomic mass is 16.5. The van der Waals surface area contributed by atoms with Gasteiger partial charge in [-0.1, -0.05) is 30.3 Å². The third-order valence-electron chi connectivity index (χ3n) is 3.94. The van der Waals surface area contributed by atoms with Gasteiger partial charge in [-0.05, 0) is 37.1 Å². The highest BCUT2D eigenvalue weighted by molar-refractivity contribution is 5.95. The van der Waals surface area contributed by atoms with Gasteiger partial charge in [0.2, 0.25) is 5.88 Å². The lowest BCUT2D eigenvalue weighted by Crippen LogP contribution is -2.25. The Kier molecular flexibility index (Phi) is 4.12. The maximum absolute atomic E-state index is 12.2. The minimum absolute atomic E-state index is 0.0424. The van der Waals surface area contributed by atoms with Crippen LogP contribution in [0, 0.1) is 0 Å². The number of aromatic nitrogens is 2. The molecule has 0 spiro atoms. The number of hydrogen-bond donors (Lipinski definition) is 1. The van der Waals surface area contributed by atoms with Crippen molar-refractivity contribution >= 4 is 5.91 Å². The second-order valence-corrected chi connectivity index (χ2v) is 5.99. The van der Waals surface area contributed by atoms with E-state index in [0.29, 0.717) is 28.9 Å². The standard InChI is InChI=1S/C20H17N3O2/c24-20(23-16-9-10-16)15-6-4-5-14(11-15)18-12-19(22-13-21-18)25-17-7-2-1-3-8-17/h1-8,11-13,16H,9-10H2,(H,23,24). The zero-order chi connectivity index (χ0) is 17.1. The highest BCUT2D eigenvalue weighted by Gasteiger charge is 2.23. The quantitative estimate of drug-likeness (QED) is 0.772. The summed E-state index contributed by atoms with van der Waals surface area (Å²) in [4.78, 5) is 20.7. The van der Waals surface area contributed by atoms with Gasteiger partial charge < -0.3 is 10.1 Å². The molecule has 1 N–H and O–H groups in total. The Hall–Kier alpha value is -3.21. The smallest absolute Gasteiger partial charge is 0.251 e. The number of carbonyl (C=O) groups is 1. The Labute approximate surface area is 145 Å². The largest absolute Gasteiger partial charge is 0.439 e. The Morgan fingerprint density at radius 2 is 1.84 bits per heavy atom. The zero-order valence-corrected chi connectivity index (χ0v) is 13.6. The molecule has 5 nitrogen and oxygen atoms in total. The fourth-order valence-electron chi connectivity index (χ4n) is 2.48. The molecular weight excluding hydrogens is 314 g/mol. The lowest BCUT2D eigenvalue weighted by atomic mass is 10.1. The molecule has 0 saturated heterocycles. The van der Waals surface area contributed by atoms with Crippen molar-refractivity contribution in [3.05, 3.63) is 72.6 Å². The first kappa shape index (κ1) is 15.3. The molecule has 0 unspecified atom stereocenters. The van der Waals surface area contributed by atoms with Crippen LogP contribution in [0.3, 0.4) is 0 Å². The van der Waals surface area contributed by atoms with Crippen LogP contribution < -0.4 is 10.1 Å². The lowest BCUT2D eigenvalue weighted by Gasteiger charge is -2.08. The van der Waals surface area contributed by atoms with E-state index in [2.05, 4.69) is 15.3 Å². The van der Waals surface area contributed by atoms with Crippen LogP contribution in [0.5, 0.6) is 11.6 Å². The third-order valence-corrected chi connectivity index (χ3v) is 3.94. The summed E-state index contributed by atoms with van der Waals surface area (Å²) < 4.78 is 5.75. The van der Waals surface area contributed by atoms with E-state index in [9.17, 15) is 4.79 Å². The van der Waals surface area contributed by atoms with E-state index in [1.165, 1.54) is 6.33 Å². The Morgan fingerprint density at radius 1 is 1.00 bits per heavy atom. The number of hydrogen-bond acceptors (Lipinski definition) is 4. The van der Waals surface area contributed by atoms with Gasteiger partial charge in [0.15, 0.2) is 0 Å². The molecular formula is C20H17N3O2. The predicted octanol–water partition coefficient (Wildman–Crippen LogP) is 3.83. The molecule has 124 valence electrons. The summed E-state index contributed by atoms with van der Waals surface area (Å²) in [5.41, 5.74) is 2.19. The number of ether oxygens (including phenoxy) is 1. The maximum Gasteiger partial charge on any atom is 0.251 e. The normalized spacial score (nSPS) is 13.3. The summed E-state index contributed by atoms with van der Waals surface area (Å²) in [6.45, 7) is 0. The molecule has 0 aliphatic heterocycles. The molecule has 0 atom stereocenters. The lowest BCUT2D eigenvalue weighted by molar-refractivity contribution is 0.0951. The third kappa shape index (κ3) is 3.83. The molecule has 1 aliphatic carbocycles. The molecule has 3 aromatic rings. The Morgan fingerprint density at radius 3 is 2.64 bits per heavy atom. The summed E-state index contributed by atoms with van der Waals surface area (Å²) in [7, 11) is 0. The molecule has 1 heterocycles. The Bertz CT molecular complexity index is 892. The molecule has 2 aromatic carbocycles. The molecule has 5 heteroatoms. The van der Waals surface area contributed by atoms with Gasteiger partial charge in [-0.25, -0.2) is 9.97 Å². The van der Waals surface area contributed by atoms with Crippen LogP contribution in [-0.2, 0) is 0 Å². The number of benzene rings is 2. The van der Waals surface area contributed by atoms with Crippen molar-refractivity contribution in [3.8, 4) is 22.9 Å². The minimum atomic E-state index is -0.0424. The summed E-state index contributed by atoms with van der Waals surface area (Å²) >= 11 is 0. The molecule has 4 rings (SSSR count). The molecule has 1 saturated carbocycles. The number of rotatable bonds is 5. The topological polar surface area (TPSA) is 64.1 Å². The monoisotopic (exact) mass is 331 g/mol. The first-order chi connectivity index (χ1) is 12.3. The number of carbonyl (C=O) groups excluding carboxylic acids is 1. The first-order valence-electron chi connectivity index (χ1n) is 8.24. The van der Waals surface area contributed by atoms with E-state index in [1.54, 1.807) is 6.07 Å². The van der Waals surface area contributed by atoms with E-state index >= 15 is 0 Å². The van der Waals surface area contributed by atoms with Crippen molar-refractivity contribution in [2.75, 3.05) is 0 Å². The summed E-state index contributed by atoms with van der Waals surface area (Å²) in [5, 5.41) is 3.00. The molecule has 1 fully saturated rings. The first-order valence-corrected chi connectivity index (χ1v) is 8.24. The van der Waals surface area contributed by atoms with Gasteiger partial charge in [-0.2, -0.15) is 0 Å². The minimum Gasteiger partial charge on any atom is -0.439 e. The molecule has 0 radical (unpaired) electrons. The predicted molar refractivity (Wildman–Crippen MR) is 94.5 cm³/mol. The van der Waals surface area contributed by atoms with Crippen molar-refractivity contribution in [1.82, 2.24) is 15.3 Å². The summed E-state index contributed by atoms with van der Waals surface area (Å²) in [5.74, 6) is 1.13. The SMILES string of the molecule is O=C(NC1CC1)c1cccc(-c2cc(Oc3ccccc3)ncn2)c1. The van der Waals surface area contributed by atoms with Crippen molar-refractivity contribution in [3.63, 3.8) is 0 Å². The van der Waals surface area contributed by atoms with Crippen LogP contribution in [0.4, 0.5) is 0 Å². The molecule has 0 bridgehead atoms. The maximum atomic E-state index is 12.2. The Balaban J connectivity index is 1.57. The molecule has 1 aliphatic rings. The van der Waals surface area contributed by atoms with Crippen LogP contribution in [0.2, 0.25) is 0 Å². The van der Waals surface area contributed by atoms with Gasteiger partial charge in [-0.15, -0.1) is 0 Å². The summed E-state index contributed by atoms with van der Waals surface area (Å²) in [6.07, 6.45) is 3.60. The van der Waals surface area contributed by atoms with Gasteiger partial charge in [-0.3, -0.25) is 4.79 Å². The van der Waals surface area contributed by atoms with Crippen molar-refractivity contribution in [2.45, 2.75) is 18.9 Å². The van der Waals surface area contributed by atoms with Gasteiger partial charge in [0.05, 0.1) is 5.69 Å². The number of para-hydroxylation sites is 1. The van der Waals surface area contributed by atoms with E-state index in [4.69, 9.17) is 4.74 Å². The van der Waals surface area contributed by atoms with Crippen LogP contribution in [0.25, 0.3) is 11.3 Å². The fourth-order valence-corrected chi connectivity index (χ4v) is 2.48. The fraction of sp³-hybridized carbons (Fsp3) is 0.150.